The fraction of sp³-hybridized carbons (Fsp3) is 0.429. The lowest BCUT2D eigenvalue weighted by molar-refractivity contribution is -0.156. The second kappa shape index (κ2) is 4.91. The molecule has 1 saturated carbocycles. The summed E-state index contributed by atoms with van der Waals surface area (Å²) in [5.74, 6) is -0.665. The van der Waals surface area contributed by atoms with Gasteiger partial charge in [0.2, 0.25) is 0 Å². The summed E-state index contributed by atoms with van der Waals surface area (Å²) in [6.07, 6.45) is 2.16. The number of aliphatic carboxylic acids is 1. The van der Waals surface area contributed by atoms with Crippen molar-refractivity contribution in [2.75, 3.05) is 0 Å². The molecule has 0 spiro atoms. The van der Waals surface area contributed by atoms with E-state index in [9.17, 15) is 14.3 Å². The molecular weight excluding hydrogens is 275 g/mol. The summed E-state index contributed by atoms with van der Waals surface area (Å²) in [4.78, 5) is 11.5. The van der Waals surface area contributed by atoms with Gasteiger partial charge in [-0.25, -0.2) is 9.07 Å². The van der Waals surface area contributed by atoms with Crippen molar-refractivity contribution in [3.63, 3.8) is 0 Å². The summed E-state index contributed by atoms with van der Waals surface area (Å²) in [6.45, 7) is 2.01. The summed E-state index contributed by atoms with van der Waals surface area (Å²) < 4.78 is 14.7. The molecular formula is C14H15FN4O2. The highest BCUT2D eigenvalue weighted by molar-refractivity contribution is 5.75. The third kappa shape index (κ3) is 2.28. The van der Waals surface area contributed by atoms with Crippen LogP contribution >= 0.6 is 0 Å². The van der Waals surface area contributed by atoms with Gasteiger partial charge >= 0.3 is 5.97 Å². The van der Waals surface area contributed by atoms with E-state index in [4.69, 9.17) is 0 Å². The minimum Gasteiger partial charge on any atom is -0.481 e. The van der Waals surface area contributed by atoms with Crippen LogP contribution in [0.4, 0.5) is 4.39 Å². The van der Waals surface area contributed by atoms with E-state index in [-0.39, 0.29) is 12.4 Å². The number of rotatable bonds is 4. The van der Waals surface area contributed by atoms with Gasteiger partial charge in [0.1, 0.15) is 5.82 Å². The highest BCUT2D eigenvalue weighted by Gasteiger charge is 2.45. The van der Waals surface area contributed by atoms with Crippen LogP contribution in [0.5, 0.6) is 0 Å². The van der Waals surface area contributed by atoms with E-state index in [1.807, 2.05) is 0 Å². The Balaban J connectivity index is 1.96. The SMILES string of the molecule is Cc1cc(F)ccc1-c1nnnn1CC1(C(=O)O)CCC1. The molecule has 7 heteroatoms. The summed E-state index contributed by atoms with van der Waals surface area (Å²) in [7, 11) is 0. The van der Waals surface area contributed by atoms with Gasteiger partial charge in [-0.05, 0) is 54.0 Å². The normalized spacial score (nSPS) is 16.5. The smallest absolute Gasteiger partial charge is 0.311 e. The predicted molar refractivity (Wildman–Crippen MR) is 71.9 cm³/mol. The van der Waals surface area contributed by atoms with Crippen molar-refractivity contribution in [3.05, 3.63) is 29.6 Å². The maximum atomic E-state index is 13.2. The molecule has 0 amide bonds. The van der Waals surface area contributed by atoms with Crippen molar-refractivity contribution in [2.45, 2.75) is 32.7 Å². The molecule has 2 aromatic rings. The Morgan fingerprint density at radius 1 is 1.48 bits per heavy atom. The Bertz CT molecular complexity index is 694. The Labute approximate surface area is 120 Å². The summed E-state index contributed by atoms with van der Waals surface area (Å²) in [5.41, 5.74) is 0.642. The molecule has 1 aromatic carbocycles. The van der Waals surface area contributed by atoms with Gasteiger partial charge in [-0.3, -0.25) is 4.79 Å². The van der Waals surface area contributed by atoms with E-state index in [0.29, 0.717) is 29.8 Å². The lowest BCUT2D eigenvalue weighted by atomic mass is 9.69. The van der Waals surface area contributed by atoms with Gasteiger partial charge in [0, 0.05) is 5.56 Å². The largest absolute Gasteiger partial charge is 0.481 e. The average Bonchev–Trinajstić information content (AvgIpc) is 2.81. The van der Waals surface area contributed by atoms with E-state index >= 15 is 0 Å². The fourth-order valence-electron chi connectivity index (χ4n) is 2.71. The highest BCUT2D eigenvalue weighted by atomic mass is 19.1. The summed E-state index contributed by atoms with van der Waals surface area (Å²) in [5, 5.41) is 20.9. The molecule has 1 aromatic heterocycles. The molecule has 110 valence electrons. The lowest BCUT2D eigenvalue weighted by Gasteiger charge is -2.37. The Hall–Kier alpha value is -2.31. The zero-order valence-corrected chi connectivity index (χ0v) is 11.6. The van der Waals surface area contributed by atoms with Crippen LogP contribution in [0.15, 0.2) is 18.2 Å². The van der Waals surface area contributed by atoms with Gasteiger partial charge in [-0.2, -0.15) is 0 Å². The molecule has 6 nitrogen and oxygen atoms in total. The van der Waals surface area contributed by atoms with E-state index < -0.39 is 11.4 Å². The standard InChI is InChI=1S/C14H15FN4O2/c1-9-7-10(15)3-4-11(9)12-16-17-18-19(12)8-14(13(20)21)5-2-6-14/h3-4,7H,2,5-6,8H2,1H3,(H,20,21). The number of carboxylic acids is 1. The van der Waals surface area contributed by atoms with Crippen LogP contribution in [-0.2, 0) is 11.3 Å². The number of hydrogen-bond acceptors (Lipinski definition) is 4. The van der Waals surface area contributed by atoms with Crippen LogP contribution in [0, 0.1) is 18.2 Å². The molecule has 0 aliphatic heterocycles. The van der Waals surface area contributed by atoms with E-state index in [1.165, 1.54) is 16.8 Å². The van der Waals surface area contributed by atoms with Crippen LogP contribution < -0.4 is 0 Å². The molecule has 1 N–H and O–H groups in total. The topological polar surface area (TPSA) is 80.9 Å². The number of aromatic nitrogens is 4. The second-order valence-electron chi connectivity index (χ2n) is 5.56. The van der Waals surface area contributed by atoms with E-state index in [0.717, 1.165) is 6.42 Å². The first-order valence-corrected chi connectivity index (χ1v) is 6.78. The van der Waals surface area contributed by atoms with Crippen molar-refractivity contribution >= 4 is 5.97 Å². The number of hydrogen-bond donors (Lipinski definition) is 1. The molecule has 1 aliphatic rings. The van der Waals surface area contributed by atoms with Gasteiger partial charge in [0.25, 0.3) is 0 Å². The van der Waals surface area contributed by atoms with Crippen LogP contribution in [0.25, 0.3) is 11.4 Å². The van der Waals surface area contributed by atoms with E-state index in [1.54, 1.807) is 13.0 Å². The van der Waals surface area contributed by atoms with Crippen LogP contribution in [0.1, 0.15) is 24.8 Å². The average molecular weight is 290 g/mol. The molecule has 0 bridgehead atoms. The van der Waals surface area contributed by atoms with Crippen molar-refractivity contribution in [3.8, 4) is 11.4 Å². The minimum absolute atomic E-state index is 0.238. The summed E-state index contributed by atoms with van der Waals surface area (Å²) >= 11 is 0. The van der Waals surface area contributed by atoms with Gasteiger partial charge in [0.05, 0.1) is 12.0 Å². The number of aryl methyl sites for hydroxylation is 1. The minimum atomic E-state index is -0.814. The Morgan fingerprint density at radius 3 is 2.81 bits per heavy atom. The van der Waals surface area contributed by atoms with Gasteiger partial charge < -0.3 is 5.11 Å². The van der Waals surface area contributed by atoms with Crippen molar-refractivity contribution in [2.24, 2.45) is 5.41 Å². The molecule has 1 fully saturated rings. The highest BCUT2D eigenvalue weighted by Crippen LogP contribution is 2.43. The first kappa shape index (κ1) is 13.7. The van der Waals surface area contributed by atoms with Crippen molar-refractivity contribution in [1.82, 2.24) is 20.2 Å². The molecule has 0 radical (unpaired) electrons. The molecule has 0 saturated heterocycles. The monoisotopic (exact) mass is 290 g/mol. The van der Waals surface area contributed by atoms with Crippen molar-refractivity contribution in [1.29, 1.82) is 0 Å². The number of carboxylic acid groups (broad SMARTS) is 1. The third-order valence-corrected chi connectivity index (χ3v) is 4.18. The molecule has 0 atom stereocenters. The number of benzene rings is 1. The molecule has 0 unspecified atom stereocenters. The zero-order valence-electron chi connectivity index (χ0n) is 11.6. The van der Waals surface area contributed by atoms with Gasteiger partial charge in [-0.1, -0.05) is 6.42 Å². The van der Waals surface area contributed by atoms with E-state index in [2.05, 4.69) is 15.5 Å². The van der Waals surface area contributed by atoms with Crippen LogP contribution in [-0.4, -0.2) is 31.3 Å². The van der Waals surface area contributed by atoms with Gasteiger partial charge in [-0.15, -0.1) is 5.10 Å². The number of nitrogens with zero attached hydrogens (tertiary/aromatic N) is 4. The second-order valence-corrected chi connectivity index (χ2v) is 5.56. The fourth-order valence-corrected chi connectivity index (χ4v) is 2.71. The predicted octanol–water partition coefficient (Wildman–Crippen LogP) is 2.04. The van der Waals surface area contributed by atoms with Gasteiger partial charge in [0.15, 0.2) is 5.82 Å². The first-order valence-electron chi connectivity index (χ1n) is 6.78. The first-order chi connectivity index (χ1) is 10.0. The quantitative estimate of drug-likeness (QED) is 0.932. The number of carbonyl (C=O) groups is 1. The maximum Gasteiger partial charge on any atom is 0.311 e. The van der Waals surface area contributed by atoms with Crippen LogP contribution in [0.2, 0.25) is 0 Å². The Kier molecular flexibility index (Phi) is 3.19. The molecule has 1 heterocycles. The number of tetrazole rings is 1. The molecule has 21 heavy (non-hydrogen) atoms. The third-order valence-electron chi connectivity index (χ3n) is 4.18. The number of halogens is 1. The maximum absolute atomic E-state index is 13.2. The summed E-state index contributed by atoms with van der Waals surface area (Å²) in [6, 6.07) is 4.36. The van der Waals surface area contributed by atoms with Crippen molar-refractivity contribution < 1.29 is 14.3 Å². The Morgan fingerprint density at radius 2 is 2.24 bits per heavy atom. The zero-order chi connectivity index (χ0) is 15.0. The molecule has 1 aliphatic carbocycles. The lowest BCUT2D eigenvalue weighted by Crippen LogP contribution is -2.42. The molecule has 3 rings (SSSR count). The van der Waals surface area contributed by atoms with Crippen LogP contribution in [0.3, 0.4) is 0 Å².